The first-order valence-electron chi connectivity index (χ1n) is 3.89. The lowest BCUT2D eigenvalue weighted by Gasteiger charge is -2.06. The number of aliphatic carboxylic acids is 1. The highest BCUT2D eigenvalue weighted by Crippen LogP contribution is 2.29. The molecular formula is C9H6ClF3O2. The molecule has 2 nitrogen and oxygen atoms in total. The van der Waals surface area contributed by atoms with Crippen molar-refractivity contribution in [3.8, 4) is 0 Å². The maximum atomic E-state index is 13.1. The highest BCUT2D eigenvalue weighted by Gasteiger charge is 2.17. The molecule has 0 aliphatic rings. The summed E-state index contributed by atoms with van der Waals surface area (Å²) in [4.78, 5) is 10.3. The molecule has 1 rings (SSSR count). The number of carboxylic acid groups (broad SMARTS) is 1. The Kier molecular flexibility index (Phi) is 3.57. The second kappa shape index (κ2) is 4.53. The van der Waals surface area contributed by atoms with Gasteiger partial charge in [-0.05, 0) is 17.7 Å². The van der Waals surface area contributed by atoms with Crippen molar-refractivity contribution < 1.29 is 23.1 Å². The minimum atomic E-state index is -2.86. The Balaban J connectivity index is 3.17. The van der Waals surface area contributed by atoms with Gasteiger partial charge in [0.25, 0.3) is 6.43 Å². The van der Waals surface area contributed by atoms with Gasteiger partial charge in [0, 0.05) is 5.56 Å². The van der Waals surface area contributed by atoms with E-state index in [1.165, 1.54) is 0 Å². The normalized spacial score (nSPS) is 10.7. The maximum absolute atomic E-state index is 13.1. The molecule has 1 aromatic carbocycles. The van der Waals surface area contributed by atoms with Gasteiger partial charge in [-0.1, -0.05) is 11.6 Å². The average Bonchev–Trinajstić information content (AvgIpc) is 2.08. The number of benzene rings is 1. The van der Waals surface area contributed by atoms with Crippen molar-refractivity contribution >= 4 is 17.6 Å². The Morgan fingerprint density at radius 1 is 1.47 bits per heavy atom. The monoisotopic (exact) mass is 238 g/mol. The molecular weight excluding hydrogens is 233 g/mol. The molecule has 0 radical (unpaired) electrons. The van der Waals surface area contributed by atoms with E-state index in [1.54, 1.807) is 0 Å². The van der Waals surface area contributed by atoms with Crippen LogP contribution in [0.1, 0.15) is 17.6 Å². The fourth-order valence-corrected chi connectivity index (χ4v) is 1.31. The summed E-state index contributed by atoms with van der Waals surface area (Å²) in [6.07, 6.45) is -3.51. The molecule has 0 bridgehead atoms. The van der Waals surface area contributed by atoms with Crippen molar-refractivity contribution in [3.05, 3.63) is 34.1 Å². The van der Waals surface area contributed by atoms with Gasteiger partial charge in [0.05, 0.1) is 11.4 Å². The summed E-state index contributed by atoms with van der Waals surface area (Å²) in [5.74, 6) is -2.19. The topological polar surface area (TPSA) is 37.3 Å². The van der Waals surface area contributed by atoms with E-state index < -0.39 is 35.2 Å². The van der Waals surface area contributed by atoms with Gasteiger partial charge in [0.1, 0.15) is 5.82 Å². The first-order chi connectivity index (χ1) is 6.91. The van der Waals surface area contributed by atoms with Crippen LogP contribution in [0.15, 0.2) is 12.1 Å². The summed E-state index contributed by atoms with van der Waals surface area (Å²) in [7, 11) is 0. The SMILES string of the molecule is O=C(O)Cc1cc(C(F)F)c(Cl)cc1F. The Labute approximate surface area is 88.3 Å². The molecule has 0 saturated heterocycles. The third-order valence-electron chi connectivity index (χ3n) is 1.74. The third kappa shape index (κ3) is 2.86. The molecule has 15 heavy (non-hydrogen) atoms. The van der Waals surface area contributed by atoms with Crippen LogP contribution in [0.5, 0.6) is 0 Å². The minimum Gasteiger partial charge on any atom is -0.481 e. The Morgan fingerprint density at radius 2 is 2.07 bits per heavy atom. The zero-order valence-corrected chi connectivity index (χ0v) is 8.06. The summed E-state index contributed by atoms with van der Waals surface area (Å²) < 4.78 is 37.7. The number of carbonyl (C=O) groups is 1. The predicted octanol–water partition coefficient (Wildman–Crippen LogP) is 3.04. The van der Waals surface area contributed by atoms with Crippen molar-refractivity contribution in [1.82, 2.24) is 0 Å². The van der Waals surface area contributed by atoms with Crippen LogP contribution in [0.4, 0.5) is 13.2 Å². The van der Waals surface area contributed by atoms with Crippen LogP contribution < -0.4 is 0 Å². The number of hydrogen-bond donors (Lipinski definition) is 1. The minimum absolute atomic E-state index is 0.304. The standard InChI is InChI=1S/C9H6ClF3O2/c10-6-3-7(11)4(2-8(14)15)1-5(6)9(12)13/h1,3,9H,2H2,(H,14,15). The summed E-state index contributed by atoms with van der Waals surface area (Å²) >= 11 is 5.37. The molecule has 0 unspecified atom stereocenters. The average molecular weight is 239 g/mol. The summed E-state index contributed by atoms with van der Waals surface area (Å²) in [6.45, 7) is 0. The Bertz CT molecular complexity index is 393. The summed E-state index contributed by atoms with van der Waals surface area (Å²) in [5.41, 5.74) is -0.864. The smallest absolute Gasteiger partial charge is 0.307 e. The Morgan fingerprint density at radius 3 is 2.53 bits per heavy atom. The number of hydrogen-bond acceptors (Lipinski definition) is 1. The van der Waals surface area contributed by atoms with Crippen molar-refractivity contribution in [3.63, 3.8) is 0 Å². The van der Waals surface area contributed by atoms with Crippen LogP contribution in [0.2, 0.25) is 5.02 Å². The molecule has 0 spiro atoms. The van der Waals surface area contributed by atoms with E-state index in [4.69, 9.17) is 16.7 Å². The maximum Gasteiger partial charge on any atom is 0.307 e. The van der Waals surface area contributed by atoms with Crippen LogP contribution in [0.3, 0.4) is 0 Å². The fraction of sp³-hybridized carbons (Fsp3) is 0.222. The van der Waals surface area contributed by atoms with Crippen LogP contribution in [-0.2, 0) is 11.2 Å². The van der Waals surface area contributed by atoms with E-state index >= 15 is 0 Å². The van der Waals surface area contributed by atoms with Gasteiger partial charge in [-0.2, -0.15) is 0 Å². The lowest BCUT2D eigenvalue weighted by molar-refractivity contribution is -0.136. The van der Waals surface area contributed by atoms with Crippen LogP contribution in [-0.4, -0.2) is 11.1 Å². The lowest BCUT2D eigenvalue weighted by atomic mass is 10.1. The highest BCUT2D eigenvalue weighted by molar-refractivity contribution is 6.31. The molecule has 0 aromatic heterocycles. The molecule has 0 heterocycles. The van der Waals surface area contributed by atoms with Crippen molar-refractivity contribution in [2.75, 3.05) is 0 Å². The molecule has 0 amide bonds. The lowest BCUT2D eigenvalue weighted by Crippen LogP contribution is -2.04. The number of halogens is 4. The van der Waals surface area contributed by atoms with E-state index in [0.29, 0.717) is 6.07 Å². The number of alkyl halides is 2. The third-order valence-corrected chi connectivity index (χ3v) is 2.07. The molecule has 1 aromatic rings. The molecule has 0 fully saturated rings. The molecule has 82 valence electrons. The van der Waals surface area contributed by atoms with Gasteiger partial charge in [-0.25, -0.2) is 13.2 Å². The van der Waals surface area contributed by atoms with Crippen LogP contribution >= 0.6 is 11.6 Å². The van der Waals surface area contributed by atoms with Gasteiger partial charge in [-0.3, -0.25) is 4.79 Å². The van der Waals surface area contributed by atoms with E-state index in [2.05, 4.69) is 0 Å². The molecule has 6 heteroatoms. The molecule has 0 saturated carbocycles. The number of carboxylic acids is 1. The van der Waals surface area contributed by atoms with Gasteiger partial charge < -0.3 is 5.11 Å². The zero-order valence-electron chi connectivity index (χ0n) is 7.31. The summed E-state index contributed by atoms with van der Waals surface area (Å²) in [5, 5.41) is 8.00. The van der Waals surface area contributed by atoms with E-state index in [9.17, 15) is 18.0 Å². The predicted molar refractivity (Wildman–Crippen MR) is 47.7 cm³/mol. The van der Waals surface area contributed by atoms with E-state index in [-0.39, 0.29) is 5.56 Å². The van der Waals surface area contributed by atoms with Crippen molar-refractivity contribution in [1.29, 1.82) is 0 Å². The molecule has 1 N–H and O–H groups in total. The first kappa shape index (κ1) is 11.8. The first-order valence-corrected chi connectivity index (χ1v) is 4.27. The van der Waals surface area contributed by atoms with Gasteiger partial charge in [0.2, 0.25) is 0 Å². The largest absolute Gasteiger partial charge is 0.481 e. The molecule has 0 atom stereocenters. The van der Waals surface area contributed by atoms with Crippen molar-refractivity contribution in [2.45, 2.75) is 12.8 Å². The molecule has 0 aliphatic heterocycles. The van der Waals surface area contributed by atoms with Gasteiger partial charge >= 0.3 is 5.97 Å². The van der Waals surface area contributed by atoms with Crippen molar-refractivity contribution in [2.24, 2.45) is 0 Å². The van der Waals surface area contributed by atoms with E-state index in [1.807, 2.05) is 0 Å². The zero-order chi connectivity index (χ0) is 11.6. The van der Waals surface area contributed by atoms with Gasteiger partial charge in [0.15, 0.2) is 0 Å². The fourth-order valence-electron chi connectivity index (χ4n) is 1.08. The van der Waals surface area contributed by atoms with Gasteiger partial charge in [-0.15, -0.1) is 0 Å². The van der Waals surface area contributed by atoms with Crippen LogP contribution in [0, 0.1) is 5.82 Å². The van der Waals surface area contributed by atoms with Crippen LogP contribution in [0.25, 0.3) is 0 Å². The van der Waals surface area contributed by atoms with E-state index in [0.717, 1.165) is 6.07 Å². The summed E-state index contributed by atoms with van der Waals surface area (Å²) in [6, 6.07) is 1.47. The second-order valence-electron chi connectivity index (χ2n) is 2.84. The Hall–Kier alpha value is -1.23. The quantitative estimate of drug-likeness (QED) is 0.879. The highest BCUT2D eigenvalue weighted by atomic mass is 35.5. The second-order valence-corrected chi connectivity index (χ2v) is 3.24. The number of rotatable bonds is 3. The molecule has 0 aliphatic carbocycles.